The van der Waals surface area contributed by atoms with Crippen molar-refractivity contribution in [3.63, 3.8) is 0 Å². The standard InChI is InChI=1S/C18H26O2S2/c1-3-5-16(19)14-18(21-12-4-13-22-18)11-10-15-6-8-17(20-2)9-7-15/h3,6-9,16,19H,1,4-5,10-14H2,2H3. The van der Waals surface area contributed by atoms with E-state index >= 15 is 0 Å². The number of aliphatic hydroxyl groups excluding tert-OH is 1. The summed E-state index contributed by atoms with van der Waals surface area (Å²) in [6.07, 6.45) is 6.51. The predicted octanol–water partition coefficient (Wildman–Crippen LogP) is 4.52. The van der Waals surface area contributed by atoms with Crippen molar-refractivity contribution in [1.82, 2.24) is 0 Å². The van der Waals surface area contributed by atoms with Crippen LogP contribution < -0.4 is 4.74 Å². The molecule has 0 radical (unpaired) electrons. The van der Waals surface area contributed by atoms with Gasteiger partial charge >= 0.3 is 0 Å². The number of aryl methyl sites for hydroxylation is 1. The Morgan fingerprint density at radius 1 is 1.32 bits per heavy atom. The SMILES string of the molecule is C=CCC(O)CC1(CCc2ccc(OC)cc2)SCCCS1. The van der Waals surface area contributed by atoms with Gasteiger partial charge in [-0.25, -0.2) is 0 Å². The number of hydrogen-bond acceptors (Lipinski definition) is 4. The maximum atomic E-state index is 10.2. The molecule has 2 rings (SSSR count). The van der Waals surface area contributed by atoms with E-state index < -0.39 is 0 Å². The van der Waals surface area contributed by atoms with Crippen LogP contribution in [0.1, 0.15) is 31.2 Å². The number of hydrogen-bond donors (Lipinski definition) is 1. The van der Waals surface area contributed by atoms with E-state index in [1.54, 1.807) is 7.11 Å². The van der Waals surface area contributed by atoms with Gasteiger partial charge in [-0.1, -0.05) is 18.2 Å². The fourth-order valence-corrected chi connectivity index (χ4v) is 6.19. The van der Waals surface area contributed by atoms with Gasteiger partial charge in [0.1, 0.15) is 5.75 Å². The van der Waals surface area contributed by atoms with E-state index in [2.05, 4.69) is 18.7 Å². The van der Waals surface area contributed by atoms with Gasteiger partial charge in [-0.15, -0.1) is 30.1 Å². The summed E-state index contributed by atoms with van der Waals surface area (Å²) in [5, 5.41) is 10.2. The number of methoxy groups -OCH3 is 1. The molecule has 1 N–H and O–H groups in total. The Labute approximate surface area is 142 Å². The molecule has 4 heteroatoms. The normalized spacial score (nSPS) is 18.6. The molecular weight excluding hydrogens is 312 g/mol. The largest absolute Gasteiger partial charge is 0.497 e. The van der Waals surface area contributed by atoms with Crippen LogP contribution in [0, 0.1) is 0 Å². The molecule has 2 nitrogen and oxygen atoms in total. The topological polar surface area (TPSA) is 29.5 Å². The highest BCUT2D eigenvalue weighted by Gasteiger charge is 2.35. The van der Waals surface area contributed by atoms with Crippen molar-refractivity contribution in [3.8, 4) is 5.75 Å². The smallest absolute Gasteiger partial charge is 0.118 e. The lowest BCUT2D eigenvalue weighted by Crippen LogP contribution is -2.31. The minimum absolute atomic E-state index is 0.153. The predicted molar refractivity (Wildman–Crippen MR) is 99.0 cm³/mol. The fourth-order valence-electron chi connectivity index (χ4n) is 2.74. The quantitative estimate of drug-likeness (QED) is 0.706. The van der Waals surface area contributed by atoms with Gasteiger partial charge in [0.15, 0.2) is 0 Å². The number of benzene rings is 1. The van der Waals surface area contributed by atoms with Gasteiger partial charge in [0.2, 0.25) is 0 Å². The van der Waals surface area contributed by atoms with Crippen molar-refractivity contribution in [2.75, 3.05) is 18.6 Å². The van der Waals surface area contributed by atoms with E-state index in [1.165, 1.54) is 23.5 Å². The van der Waals surface area contributed by atoms with Crippen molar-refractivity contribution in [3.05, 3.63) is 42.5 Å². The van der Waals surface area contributed by atoms with E-state index in [0.29, 0.717) is 6.42 Å². The second-order valence-corrected chi connectivity index (χ2v) is 8.91. The molecule has 1 atom stereocenters. The first-order valence-electron chi connectivity index (χ1n) is 7.87. The van der Waals surface area contributed by atoms with Crippen LogP contribution in [0.5, 0.6) is 5.75 Å². The number of ether oxygens (including phenoxy) is 1. The summed E-state index contributed by atoms with van der Waals surface area (Å²) < 4.78 is 5.37. The van der Waals surface area contributed by atoms with Crippen LogP contribution in [-0.2, 0) is 6.42 Å². The average Bonchev–Trinajstić information content (AvgIpc) is 2.54. The minimum Gasteiger partial charge on any atom is -0.497 e. The molecule has 1 aromatic carbocycles. The summed E-state index contributed by atoms with van der Waals surface area (Å²) in [6.45, 7) is 3.74. The van der Waals surface area contributed by atoms with Gasteiger partial charge in [-0.3, -0.25) is 0 Å². The van der Waals surface area contributed by atoms with Gasteiger partial charge in [-0.05, 0) is 61.3 Å². The zero-order valence-corrected chi connectivity index (χ0v) is 14.9. The van der Waals surface area contributed by atoms with Crippen LogP contribution in [0.25, 0.3) is 0 Å². The molecular formula is C18H26O2S2. The molecule has 1 unspecified atom stereocenters. The van der Waals surface area contributed by atoms with Gasteiger partial charge < -0.3 is 9.84 Å². The zero-order chi connectivity index (χ0) is 15.8. The first kappa shape index (κ1) is 17.8. The van der Waals surface area contributed by atoms with Gasteiger partial charge in [0.05, 0.1) is 17.3 Å². The summed E-state index contributed by atoms with van der Waals surface area (Å²) in [7, 11) is 1.69. The van der Waals surface area contributed by atoms with E-state index in [9.17, 15) is 5.11 Å². The second-order valence-electron chi connectivity index (χ2n) is 5.69. The Morgan fingerprint density at radius 3 is 2.59 bits per heavy atom. The van der Waals surface area contributed by atoms with Crippen molar-refractivity contribution < 1.29 is 9.84 Å². The van der Waals surface area contributed by atoms with Gasteiger partial charge in [0.25, 0.3) is 0 Å². The van der Waals surface area contributed by atoms with Crippen molar-refractivity contribution in [2.24, 2.45) is 0 Å². The number of rotatable bonds is 8. The van der Waals surface area contributed by atoms with E-state index in [0.717, 1.165) is 25.0 Å². The van der Waals surface area contributed by atoms with E-state index in [1.807, 2.05) is 41.7 Å². The Morgan fingerprint density at radius 2 is 2.00 bits per heavy atom. The first-order chi connectivity index (χ1) is 10.7. The first-order valence-corrected chi connectivity index (χ1v) is 9.84. The molecule has 22 heavy (non-hydrogen) atoms. The molecule has 1 fully saturated rings. The fraction of sp³-hybridized carbons (Fsp3) is 0.556. The molecule has 1 heterocycles. The molecule has 0 bridgehead atoms. The molecule has 1 aromatic rings. The Balaban J connectivity index is 1.97. The van der Waals surface area contributed by atoms with Crippen LogP contribution >= 0.6 is 23.5 Å². The number of thioether (sulfide) groups is 2. The van der Waals surface area contributed by atoms with Crippen molar-refractivity contribution >= 4 is 23.5 Å². The summed E-state index contributed by atoms with van der Waals surface area (Å²) in [5.74, 6) is 3.31. The van der Waals surface area contributed by atoms with Crippen LogP contribution in [0.3, 0.4) is 0 Å². The van der Waals surface area contributed by atoms with Crippen molar-refractivity contribution in [1.29, 1.82) is 0 Å². The Bertz CT molecular complexity index is 453. The molecule has 122 valence electrons. The third kappa shape index (κ3) is 5.25. The third-order valence-electron chi connectivity index (χ3n) is 3.96. The van der Waals surface area contributed by atoms with Crippen LogP contribution in [0.15, 0.2) is 36.9 Å². The van der Waals surface area contributed by atoms with E-state index in [-0.39, 0.29) is 10.2 Å². The lowest BCUT2D eigenvalue weighted by Gasteiger charge is -2.37. The Hall–Kier alpha value is -0.580. The summed E-state index contributed by atoms with van der Waals surface area (Å²) in [6, 6.07) is 8.33. The molecule has 0 saturated carbocycles. The molecule has 1 saturated heterocycles. The summed E-state index contributed by atoms with van der Waals surface area (Å²) in [4.78, 5) is 0. The minimum atomic E-state index is -0.272. The van der Waals surface area contributed by atoms with Crippen LogP contribution in [0.2, 0.25) is 0 Å². The number of aliphatic hydroxyl groups is 1. The van der Waals surface area contributed by atoms with Gasteiger partial charge in [-0.2, -0.15) is 0 Å². The lowest BCUT2D eigenvalue weighted by atomic mass is 10.0. The highest BCUT2D eigenvalue weighted by molar-refractivity contribution is 8.18. The monoisotopic (exact) mass is 338 g/mol. The summed E-state index contributed by atoms with van der Waals surface area (Å²) >= 11 is 4.07. The molecule has 0 aliphatic carbocycles. The third-order valence-corrected chi connectivity index (χ3v) is 7.44. The van der Waals surface area contributed by atoms with Crippen LogP contribution in [-0.4, -0.2) is 33.9 Å². The lowest BCUT2D eigenvalue weighted by molar-refractivity contribution is 0.162. The van der Waals surface area contributed by atoms with E-state index in [4.69, 9.17) is 4.74 Å². The maximum Gasteiger partial charge on any atom is 0.118 e. The van der Waals surface area contributed by atoms with Crippen LogP contribution in [0.4, 0.5) is 0 Å². The molecule has 1 aliphatic heterocycles. The molecule has 1 aliphatic rings. The van der Waals surface area contributed by atoms with Crippen molar-refractivity contribution in [2.45, 2.75) is 42.3 Å². The molecule has 0 spiro atoms. The summed E-state index contributed by atoms with van der Waals surface area (Å²) in [5.41, 5.74) is 1.34. The highest BCUT2D eigenvalue weighted by atomic mass is 32.2. The molecule has 0 aromatic heterocycles. The zero-order valence-electron chi connectivity index (χ0n) is 13.3. The highest BCUT2D eigenvalue weighted by Crippen LogP contribution is 2.48. The maximum absolute atomic E-state index is 10.2. The second kappa shape index (κ2) is 8.90. The molecule has 0 amide bonds. The Kier molecular flexibility index (Phi) is 7.19. The average molecular weight is 339 g/mol. The van der Waals surface area contributed by atoms with Gasteiger partial charge in [0, 0.05) is 0 Å².